The summed E-state index contributed by atoms with van der Waals surface area (Å²) >= 11 is 0. The first-order valence-corrected chi connectivity index (χ1v) is 8.33. The quantitative estimate of drug-likeness (QED) is 0.728. The van der Waals surface area contributed by atoms with E-state index in [2.05, 4.69) is 11.6 Å². The van der Waals surface area contributed by atoms with Gasteiger partial charge in [-0.05, 0) is 30.5 Å². The van der Waals surface area contributed by atoms with Gasteiger partial charge in [0.1, 0.15) is 29.1 Å². The standard InChI is InChI=1S/C20H20N4O3/c1-4-6-12-8-13(9-16(26-3)18(12)27-7-5-2)17-14(10-21)19(23)24-20(25)15(17)11-22/h4,8-9H,1,5-7H2,2-3H3,(H3,23,24,25). The summed E-state index contributed by atoms with van der Waals surface area (Å²) in [7, 11) is 1.50. The third-order valence-electron chi connectivity index (χ3n) is 3.92. The highest BCUT2D eigenvalue weighted by molar-refractivity contribution is 5.82. The lowest BCUT2D eigenvalue weighted by molar-refractivity contribution is 0.292. The molecule has 7 heteroatoms. The van der Waals surface area contributed by atoms with E-state index >= 15 is 0 Å². The molecule has 0 atom stereocenters. The van der Waals surface area contributed by atoms with E-state index in [1.807, 2.05) is 19.1 Å². The molecule has 1 heterocycles. The van der Waals surface area contributed by atoms with Crippen LogP contribution in [0.1, 0.15) is 30.0 Å². The third-order valence-corrected chi connectivity index (χ3v) is 3.92. The number of allylic oxidation sites excluding steroid dienone is 1. The van der Waals surface area contributed by atoms with Gasteiger partial charge in [0.25, 0.3) is 5.56 Å². The van der Waals surface area contributed by atoms with Gasteiger partial charge in [-0.2, -0.15) is 10.5 Å². The van der Waals surface area contributed by atoms with Crippen molar-refractivity contribution in [3.8, 4) is 34.8 Å². The van der Waals surface area contributed by atoms with E-state index in [0.29, 0.717) is 30.1 Å². The van der Waals surface area contributed by atoms with Gasteiger partial charge in [0.2, 0.25) is 0 Å². The van der Waals surface area contributed by atoms with Crippen molar-refractivity contribution < 1.29 is 9.47 Å². The summed E-state index contributed by atoms with van der Waals surface area (Å²) in [6, 6.07) is 7.21. The van der Waals surface area contributed by atoms with Crippen LogP contribution in [-0.2, 0) is 6.42 Å². The molecule has 0 radical (unpaired) electrons. The number of anilines is 1. The van der Waals surface area contributed by atoms with Crippen LogP contribution in [-0.4, -0.2) is 18.7 Å². The molecule has 0 saturated heterocycles. The van der Waals surface area contributed by atoms with Crippen molar-refractivity contribution >= 4 is 5.82 Å². The van der Waals surface area contributed by atoms with Gasteiger partial charge in [0.05, 0.1) is 13.7 Å². The summed E-state index contributed by atoms with van der Waals surface area (Å²) in [5.74, 6) is 0.911. The topological polar surface area (TPSA) is 125 Å². The predicted octanol–water partition coefficient (Wildman–Crippen LogP) is 2.89. The van der Waals surface area contributed by atoms with Gasteiger partial charge < -0.3 is 20.2 Å². The second kappa shape index (κ2) is 8.59. The van der Waals surface area contributed by atoms with Crippen LogP contribution in [0.3, 0.4) is 0 Å². The highest BCUT2D eigenvalue weighted by Crippen LogP contribution is 2.39. The second-order valence-corrected chi connectivity index (χ2v) is 5.72. The van der Waals surface area contributed by atoms with Crippen molar-refractivity contribution in [1.29, 1.82) is 10.5 Å². The number of H-pyrrole nitrogens is 1. The number of benzene rings is 1. The van der Waals surface area contributed by atoms with Gasteiger partial charge in [-0.3, -0.25) is 4.79 Å². The molecule has 0 saturated carbocycles. The maximum Gasteiger partial charge on any atom is 0.268 e. The Labute approximate surface area is 157 Å². The zero-order chi connectivity index (χ0) is 20.0. The van der Waals surface area contributed by atoms with Crippen molar-refractivity contribution in [3.05, 3.63) is 51.8 Å². The van der Waals surface area contributed by atoms with Crippen molar-refractivity contribution in [2.75, 3.05) is 19.5 Å². The highest BCUT2D eigenvalue weighted by Gasteiger charge is 2.21. The first kappa shape index (κ1) is 19.6. The zero-order valence-electron chi connectivity index (χ0n) is 15.3. The number of aromatic amines is 1. The molecule has 1 aromatic carbocycles. The Morgan fingerprint density at radius 3 is 2.56 bits per heavy atom. The zero-order valence-corrected chi connectivity index (χ0v) is 15.3. The Morgan fingerprint density at radius 1 is 1.30 bits per heavy atom. The normalized spacial score (nSPS) is 9.93. The molecule has 0 aliphatic heterocycles. The number of hydrogen-bond acceptors (Lipinski definition) is 6. The lowest BCUT2D eigenvalue weighted by Gasteiger charge is -2.17. The van der Waals surface area contributed by atoms with Crippen molar-refractivity contribution in [3.63, 3.8) is 0 Å². The molecule has 138 valence electrons. The maximum atomic E-state index is 12.2. The van der Waals surface area contributed by atoms with Gasteiger partial charge >= 0.3 is 0 Å². The smallest absolute Gasteiger partial charge is 0.268 e. The number of pyridine rings is 1. The monoisotopic (exact) mass is 364 g/mol. The summed E-state index contributed by atoms with van der Waals surface area (Å²) in [6.07, 6.45) is 3.01. The van der Waals surface area contributed by atoms with Gasteiger partial charge in [-0.15, -0.1) is 6.58 Å². The average Bonchev–Trinajstić information content (AvgIpc) is 2.66. The molecule has 2 rings (SSSR count). The molecule has 1 aromatic heterocycles. The van der Waals surface area contributed by atoms with Crippen LogP contribution < -0.4 is 20.8 Å². The summed E-state index contributed by atoms with van der Waals surface area (Å²) in [6.45, 7) is 6.25. The van der Waals surface area contributed by atoms with Crippen LogP contribution in [0.4, 0.5) is 5.82 Å². The number of ether oxygens (including phenoxy) is 2. The number of nitriles is 2. The van der Waals surface area contributed by atoms with Crippen LogP contribution in [0.25, 0.3) is 11.1 Å². The van der Waals surface area contributed by atoms with Crippen LogP contribution in [0.15, 0.2) is 29.6 Å². The Bertz CT molecular complexity index is 1010. The van der Waals surface area contributed by atoms with Crippen LogP contribution in [0, 0.1) is 22.7 Å². The lowest BCUT2D eigenvalue weighted by atomic mass is 9.94. The van der Waals surface area contributed by atoms with Gasteiger partial charge in [-0.25, -0.2) is 0 Å². The Kier molecular flexibility index (Phi) is 6.24. The van der Waals surface area contributed by atoms with Crippen molar-refractivity contribution in [1.82, 2.24) is 4.98 Å². The molecule has 0 spiro atoms. The number of nitrogens with zero attached hydrogens (tertiary/aromatic N) is 2. The average molecular weight is 364 g/mol. The van der Waals surface area contributed by atoms with Crippen molar-refractivity contribution in [2.24, 2.45) is 0 Å². The minimum Gasteiger partial charge on any atom is -0.493 e. The first-order valence-electron chi connectivity index (χ1n) is 8.33. The van der Waals surface area contributed by atoms with Crippen LogP contribution in [0.2, 0.25) is 0 Å². The van der Waals surface area contributed by atoms with Gasteiger partial charge in [-0.1, -0.05) is 13.0 Å². The number of nitrogen functional groups attached to an aromatic ring is 1. The molecule has 0 amide bonds. The fraction of sp³-hybridized carbons (Fsp3) is 0.250. The fourth-order valence-corrected chi connectivity index (χ4v) is 2.76. The number of nitrogens with two attached hydrogens (primary N) is 1. The highest BCUT2D eigenvalue weighted by atomic mass is 16.5. The fourth-order valence-electron chi connectivity index (χ4n) is 2.76. The largest absolute Gasteiger partial charge is 0.493 e. The van der Waals surface area contributed by atoms with E-state index < -0.39 is 5.56 Å². The minimum absolute atomic E-state index is 0.0278. The Hall–Kier alpha value is -3.71. The maximum absolute atomic E-state index is 12.2. The van der Waals surface area contributed by atoms with Crippen LogP contribution >= 0.6 is 0 Å². The Balaban J connectivity index is 2.87. The van der Waals surface area contributed by atoms with Gasteiger partial charge in [0.15, 0.2) is 11.5 Å². The number of nitrogens with one attached hydrogen (secondary N) is 1. The SMILES string of the molecule is C=CCc1cc(-c2c(C#N)c(N)[nH]c(=O)c2C#N)cc(OC)c1OCCC. The second-order valence-electron chi connectivity index (χ2n) is 5.72. The van der Waals surface area contributed by atoms with E-state index in [4.69, 9.17) is 15.2 Å². The summed E-state index contributed by atoms with van der Waals surface area (Å²) in [5.41, 5.74) is 6.39. The molecule has 0 aliphatic rings. The third kappa shape index (κ3) is 3.78. The molecule has 2 aromatic rings. The molecule has 7 nitrogen and oxygen atoms in total. The van der Waals surface area contributed by atoms with E-state index in [-0.39, 0.29) is 22.5 Å². The summed E-state index contributed by atoms with van der Waals surface area (Å²) in [4.78, 5) is 14.5. The summed E-state index contributed by atoms with van der Waals surface area (Å²) in [5, 5.41) is 19.0. The lowest BCUT2D eigenvalue weighted by Crippen LogP contribution is -2.16. The van der Waals surface area contributed by atoms with E-state index in [0.717, 1.165) is 12.0 Å². The Morgan fingerprint density at radius 2 is 2.00 bits per heavy atom. The molecule has 0 fully saturated rings. The molecular weight excluding hydrogens is 344 g/mol. The molecular formula is C20H20N4O3. The number of hydrogen-bond donors (Lipinski definition) is 2. The summed E-state index contributed by atoms with van der Waals surface area (Å²) < 4.78 is 11.3. The molecule has 27 heavy (non-hydrogen) atoms. The van der Waals surface area contributed by atoms with E-state index in [9.17, 15) is 15.3 Å². The number of methoxy groups -OCH3 is 1. The number of rotatable bonds is 7. The van der Waals surface area contributed by atoms with Gasteiger partial charge in [0, 0.05) is 11.1 Å². The van der Waals surface area contributed by atoms with E-state index in [1.54, 1.807) is 18.2 Å². The van der Waals surface area contributed by atoms with E-state index in [1.165, 1.54) is 7.11 Å². The molecule has 0 bridgehead atoms. The predicted molar refractivity (Wildman–Crippen MR) is 103 cm³/mol. The molecule has 3 N–H and O–H groups in total. The number of aromatic nitrogens is 1. The first-order chi connectivity index (χ1) is 13.0. The van der Waals surface area contributed by atoms with Crippen LogP contribution in [0.5, 0.6) is 11.5 Å². The minimum atomic E-state index is -0.653. The van der Waals surface area contributed by atoms with Crippen molar-refractivity contribution in [2.45, 2.75) is 19.8 Å². The molecule has 0 aliphatic carbocycles. The molecule has 0 unspecified atom stereocenters.